The third-order valence-corrected chi connectivity index (χ3v) is 2.58. The van der Waals surface area contributed by atoms with Crippen LogP contribution in [0.3, 0.4) is 0 Å². The molecule has 1 nitrogen and oxygen atoms in total. The molecule has 0 amide bonds. The Morgan fingerprint density at radius 1 is 1.45 bits per heavy atom. The Hall–Kier alpha value is -0.850. The van der Waals surface area contributed by atoms with Crippen molar-refractivity contribution >= 4 is 5.78 Å². The molecular weight excluding hydrogens is 136 g/mol. The van der Waals surface area contributed by atoms with Gasteiger partial charge in [-0.1, -0.05) is 24.6 Å². The van der Waals surface area contributed by atoms with Crippen LogP contribution in [0.5, 0.6) is 0 Å². The summed E-state index contributed by atoms with van der Waals surface area (Å²) < 4.78 is 0. The summed E-state index contributed by atoms with van der Waals surface area (Å²) in [5.41, 5.74) is 2.51. The number of rotatable bonds is 0. The van der Waals surface area contributed by atoms with E-state index in [9.17, 15) is 4.79 Å². The molecule has 0 aromatic carbocycles. The molecule has 0 saturated carbocycles. The van der Waals surface area contributed by atoms with Crippen molar-refractivity contribution < 1.29 is 4.79 Å². The summed E-state index contributed by atoms with van der Waals surface area (Å²) in [5, 5.41) is 0. The van der Waals surface area contributed by atoms with Gasteiger partial charge in [0.1, 0.15) is 0 Å². The molecule has 0 fully saturated rings. The lowest BCUT2D eigenvalue weighted by Crippen LogP contribution is -2.07. The van der Waals surface area contributed by atoms with E-state index in [0.29, 0.717) is 11.7 Å². The monoisotopic (exact) mass is 148 g/mol. The van der Waals surface area contributed by atoms with E-state index < -0.39 is 0 Å². The molecule has 2 aliphatic rings. The van der Waals surface area contributed by atoms with Crippen LogP contribution >= 0.6 is 0 Å². The van der Waals surface area contributed by atoms with Crippen LogP contribution in [0, 0.1) is 5.92 Å². The van der Waals surface area contributed by atoms with E-state index in [2.05, 4.69) is 19.1 Å². The first kappa shape index (κ1) is 6.84. The molecule has 0 spiro atoms. The molecule has 1 heteroatoms. The van der Waals surface area contributed by atoms with Crippen molar-refractivity contribution in [2.75, 3.05) is 0 Å². The Balaban J connectivity index is 2.37. The second kappa shape index (κ2) is 2.33. The summed E-state index contributed by atoms with van der Waals surface area (Å²) in [5.74, 6) is 0.769. The van der Waals surface area contributed by atoms with Crippen molar-refractivity contribution in [1.82, 2.24) is 0 Å². The molecule has 2 rings (SSSR count). The predicted octanol–water partition coefficient (Wildman–Crippen LogP) is 2.24. The highest BCUT2D eigenvalue weighted by Crippen LogP contribution is 2.34. The largest absolute Gasteiger partial charge is 0.295 e. The summed E-state index contributed by atoms with van der Waals surface area (Å²) in [4.78, 5) is 11.3. The number of hydrogen-bond donors (Lipinski definition) is 0. The maximum Gasteiger partial charge on any atom is 0.159 e. The minimum Gasteiger partial charge on any atom is -0.295 e. The molecular formula is C10H12O. The van der Waals surface area contributed by atoms with Gasteiger partial charge in [0.2, 0.25) is 0 Å². The summed E-state index contributed by atoms with van der Waals surface area (Å²) in [6.45, 7) is 2.11. The molecule has 0 aromatic heterocycles. The fourth-order valence-corrected chi connectivity index (χ4v) is 2.03. The highest BCUT2D eigenvalue weighted by Gasteiger charge is 2.26. The van der Waals surface area contributed by atoms with Crippen molar-refractivity contribution in [3.8, 4) is 0 Å². The number of ketones is 1. The van der Waals surface area contributed by atoms with Crippen LogP contribution in [-0.4, -0.2) is 5.78 Å². The van der Waals surface area contributed by atoms with E-state index in [1.807, 2.05) is 0 Å². The van der Waals surface area contributed by atoms with Crippen LogP contribution < -0.4 is 0 Å². The van der Waals surface area contributed by atoms with Crippen LogP contribution in [-0.2, 0) is 4.79 Å². The Kier molecular flexibility index (Phi) is 1.45. The summed E-state index contributed by atoms with van der Waals surface area (Å²) >= 11 is 0. The first-order valence-corrected chi connectivity index (χ1v) is 4.21. The van der Waals surface area contributed by atoms with Crippen molar-refractivity contribution in [3.63, 3.8) is 0 Å². The van der Waals surface area contributed by atoms with Crippen molar-refractivity contribution in [2.24, 2.45) is 5.92 Å². The fourth-order valence-electron chi connectivity index (χ4n) is 2.03. The molecule has 1 atom stereocenters. The Bertz CT molecular complexity index is 258. The Labute approximate surface area is 66.8 Å². The topological polar surface area (TPSA) is 17.1 Å². The number of Topliss-reactive ketones (excluding diaryl/α,β-unsaturated/α-hetero) is 1. The highest BCUT2D eigenvalue weighted by atomic mass is 16.1. The highest BCUT2D eigenvalue weighted by molar-refractivity contribution is 5.99. The minimum atomic E-state index is 0.383. The zero-order chi connectivity index (χ0) is 7.84. The van der Waals surface area contributed by atoms with Gasteiger partial charge in [0.05, 0.1) is 0 Å². The molecule has 0 N–H and O–H groups in total. The van der Waals surface area contributed by atoms with Crippen LogP contribution in [0.15, 0.2) is 23.3 Å². The second-order valence-electron chi connectivity index (χ2n) is 3.36. The van der Waals surface area contributed by atoms with Gasteiger partial charge in [-0.15, -0.1) is 0 Å². The molecule has 0 bridgehead atoms. The zero-order valence-electron chi connectivity index (χ0n) is 6.76. The lowest BCUT2D eigenvalue weighted by Gasteiger charge is -2.13. The van der Waals surface area contributed by atoms with Gasteiger partial charge in [-0.3, -0.25) is 4.79 Å². The van der Waals surface area contributed by atoms with E-state index in [-0.39, 0.29) is 0 Å². The minimum absolute atomic E-state index is 0.383. The number of carbonyl (C=O) groups is 1. The van der Waals surface area contributed by atoms with Crippen molar-refractivity contribution in [1.29, 1.82) is 0 Å². The van der Waals surface area contributed by atoms with Gasteiger partial charge < -0.3 is 0 Å². The van der Waals surface area contributed by atoms with Crippen LogP contribution in [0.1, 0.15) is 26.2 Å². The van der Waals surface area contributed by atoms with E-state index >= 15 is 0 Å². The van der Waals surface area contributed by atoms with Gasteiger partial charge >= 0.3 is 0 Å². The van der Waals surface area contributed by atoms with E-state index in [1.165, 1.54) is 5.57 Å². The number of carbonyl (C=O) groups excluding carboxylic acids is 1. The molecule has 0 radical (unpaired) electrons. The maximum absolute atomic E-state index is 11.3. The van der Waals surface area contributed by atoms with Crippen molar-refractivity contribution in [2.45, 2.75) is 26.2 Å². The Morgan fingerprint density at radius 2 is 2.27 bits per heavy atom. The average molecular weight is 148 g/mol. The third kappa shape index (κ3) is 0.953. The first-order valence-electron chi connectivity index (χ1n) is 4.21. The smallest absolute Gasteiger partial charge is 0.159 e. The zero-order valence-corrected chi connectivity index (χ0v) is 6.76. The van der Waals surface area contributed by atoms with E-state index in [1.54, 1.807) is 0 Å². The molecule has 0 aromatic rings. The molecule has 0 aliphatic heterocycles. The predicted molar refractivity (Wildman–Crippen MR) is 44.2 cm³/mol. The quantitative estimate of drug-likeness (QED) is 0.481. The molecule has 2 aliphatic carbocycles. The van der Waals surface area contributed by atoms with E-state index in [0.717, 1.165) is 24.8 Å². The molecule has 58 valence electrons. The SMILES string of the molecule is CC1C=CCC2=C1C(=O)CC2. The van der Waals surface area contributed by atoms with E-state index in [4.69, 9.17) is 0 Å². The number of allylic oxidation sites excluding steroid dienone is 4. The summed E-state index contributed by atoms with van der Waals surface area (Å²) in [7, 11) is 0. The summed E-state index contributed by atoms with van der Waals surface area (Å²) in [6, 6.07) is 0. The van der Waals surface area contributed by atoms with Crippen LogP contribution in [0.2, 0.25) is 0 Å². The number of hydrogen-bond acceptors (Lipinski definition) is 1. The lowest BCUT2D eigenvalue weighted by atomic mass is 9.91. The molecule has 1 unspecified atom stereocenters. The molecule has 11 heavy (non-hydrogen) atoms. The van der Waals surface area contributed by atoms with Gasteiger partial charge in [-0.05, 0) is 12.8 Å². The maximum atomic E-state index is 11.3. The fraction of sp³-hybridized carbons (Fsp3) is 0.500. The van der Waals surface area contributed by atoms with Gasteiger partial charge in [0.15, 0.2) is 5.78 Å². The molecule has 0 saturated heterocycles. The van der Waals surface area contributed by atoms with Crippen molar-refractivity contribution in [3.05, 3.63) is 23.3 Å². The second-order valence-corrected chi connectivity index (χ2v) is 3.36. The average Bonchev–Trinajstić information content (AvgIpc) is 2.34. The third-order valence-electron chi connectivity index (χ3n) is 2.58. The van der Waals surface area contributed by atoms with Crippen LogP contribution in [0.4, 0.5) is 0 Å². The van der Waals surface area contributed by atoms with Gasteiger partial charge in [-0.25, -0.2) is 0 Å². The standard InChI is InChI=1S/C10H12O/c1-7-3-2-4-8-5-6-9(11)10(7)8/h2-3,7H,4-6H2,1H3. The summed E-state index contributed by atoms with van der Waals surface area (Å²) in [6.07, 6.45) is 7.12. The normalized spacial score (nSPS) is 29.5. The van der Waals surface area contributed by atoms with Crippen LogP contribution in [0.25, 0.3) is 0 Å². The molecule has 0 heterocycles. The lowest BCUT2D eigenvalue weighted by molar-refractivity contribution is -0.115. The first-order chi connectivity index (χ1) is 5.29. The van der Waals surface area contributed by atoms with Gasteiger partial charge in [0.25, 0.3) is 0 Å². The van der Waals surface area contributed by atoms with Gasteiger partial charge in [-0.2, -0.15) is 0 Å². The van der Waals surface area contributed by atoms with Gasteiger partial charge in [0, 0.05) is 17.9 Å². The Morgan fingerprint density at radius 3 is 3.00 bits per heavy atom.